The summed E-state index contributed by atoms with van der Waals surface area (Å²) in [4.78, 5) is 16.8. The van der Waals surface area contributed by atoms with Crippen LogP contribution in [-0.4, -0.2) is 68.3 Å². The van der Waals surface area contributed by atoms with Crippen LogP contribution in [-0.2, 0) is 19.3 Å². The second kappa shape index (κ2) is 9.92. The Kier molecular flexibility index (Phi) is 7.55. The average Bonchev–Trinajstić information content (AvgIpc) is 3.15. The minimum Gasteiger partial charge on any atom is -0.353 e. The Morgan fingerprint density at radius 1 is 1.21 bits per heavy atom. The van der Waals surface area contributed by atoms with Crippen LogP contribution in [0.3, 0.4) is 0 Å². The van der Waals surface area contributed by atoms with E-state index in [0.717, 1.165) is 10.9 Å². The molecule has 160 valence electrons. The number of amides is 1. The van der Waals surface area contributed by atoms with Gasteiger partial charge in [-0.05, 0) is 38.1 Å². The van der Waals surface area contributed by atoms with E-state index in [1.54, 1.807) is 12.1 Å². The number of sulfone groups is 1. The zero-order valence-corrected chi connectivity index (χ0v) is 18.2. The molecule has 0 aromatic heterocycles. The molecule has 29 heavy (non-hydrogen) atoms. The van der Waals surface area contributed by atoms with Crippen LogP contribution in [0, 0.1) is 0 Å². The summed E-state index contributed by atoms with van der Waals surface area (Å²) in [6, 6.07) is 6.95. The Morgan fingerprint density at radius 2 is 1.90 bits per heavy atom. The molecule has 3 rings (SSSR count). The van der Waals surface area contributed by atoms with Crippen LogP contribution in [0.4, 0.5) is 5.69 Å². The SMILES string of the molecule is CCOC(CCNC(=O)c1ccc(NC2=N[C@@H]3CS(=O)(=O)C[C@H]3S2)cc1)OCC. The molecule has 0 bridgehead atoms. The number of ether oxygens (including phenoxy) is 2. The first-order valence-electron chi connectivity index (χ1n) is 9.73. The number of hydrogen-bond acceptors (Lipinski definition) is 8. The maximum Gasteiger partial charge on any atom is 0.251 e. The van der Waals surface area contributed by atoms with Gasteiger partial charge < -0.3 is 20.1 Å². The van der Waals surface area contributed by atoms with Gasteiger partial charge in [-0.1, -0.05) is 11.8 Å². The second-order valence-corrected chi connectivity index (χ2v) is 10.2. The first-order valence-corrected chi connectivity index (χ1v) is 12.4. The zero-order valence-electron chi connectivity index (χ0n) is 16.6. The molecule has 2 aliphatic heterocycles. The van der Waals surface area contributed by atoms with E-state index in [-0.39, 0.29) is 35.0 Å². The number of benzene rings is 1. The van der Waals surface area contributed by atoms with Crippen LogP contribution < -0.4 is 10.6 Å². The predicted molar refractivity (Wildman–Crippen MR) is 115 cm³/mol. The van der Waals surface area contributed by atoms with E-state index in [0.29, 0.717) is 31.7 Å². The molecule has 1 aromatic carbocycles. The zero-order chi connectivity index (χ0) is 20.9. The van der Waals surface area contributed by atoms with Crippen molar-refractivity contribution in [1.82, 2.24) is 5.32 Å². The number of carbonyl (C=O) groups excluding carboxylic acids is 1. The van der Waals surface area contributed by atoms with Crippen molar-refractivity contribution in [2.45, 2.75) is 37.9 Å². The highest BCUT2D eigenvalue weighted by Crippen LogP contribution is 2.34. The minimum atomic E-state index is -2.95. The number of nitrogens with one attached hydrogen (secondary N) is 2. The lowest BCUT2D eigenvalue weighted by Gasteiger charge is -2.17. The summed E-state index contributed by atoms with van der Waals surface area (Å²) in [7, 11) is -2.95. The number of rotatable bonds is 9. The van der Waals surface area contributed by atoms with Gasteiger partial charge in [-0.25, -0.2) is 8.42 Å². The van der Waals surface area contributed by atoms with Crippen molar-refractivity contribution in [2.24, 2.45) is 4.99 Å². The number of nitrogens with zero attached hydrogens (tertiary/aromatic N) is 1. The molecule has 1 amide bonds. The molecule has 0 radical (unpaired) electrons. The fraction of sp³-hybridized carbons (Fsp3) is 0.579. The number of aliphatic imine (C=N–C) groups is 1. The molecular weight excluding hydrogens is 414 g/mol. The van der Waals surface area contributed by atoms with E-state index in [1.807, 2.05) is 26.0 Å². The summed E-state index contributed by atoms with van der Waals surface area (Å²) in [5.74, 6) is 0.155. The molecule has 1 saturated heterocycles. The maximum atomic E-state index is 12.3. The molecule has 2 aliphatic rings. The fourth-order valence-corrected chi connectivity index (χ4v) is 6.91. The Bertz CT molecular complexity index is 836. The van der Waals surface area contributed by atoms with Gasteiger partial charge in [0, 0.05) is 42.7 Å². The van der Waals surface area contributed by atoms with Gasteiger partial charge in [0.25, 0.3) is 5.91 Å². The van der Waals surface area contributed by atoms with E-state index >= 15 is 0 Å². The summed E-state index contributed by atoms with van der Waals surface area (Å²) in [6.45, 7) is 5.40. The Labute approximate surface area is 175 Å². The number of hydrogen-bond donors (Lipinski definition) is 2. The van der Waals surface area contributed by atoms with E-state index in [4.69, 9.17) is 9.47 Å². The van der Waals surface area contributed by atoms with Crippen LogP contribution in [0.15, 0.2) is 29.3 Å². The van der Waals surface area contributed by atoms with Crippen molar-refractivity contribution in [3.05, 3.63) is 29.8 Å². The van der Waals surface area contributed by atoms with Gasteiger partial charge in [-0.15, -0.1) is 0 Å². The molecule has 0 saturated carbocycles. The van der Waals surface area contributed by atoms with Gasteiger partial charge in [-0.2, -0.15) is 0 Å². The third kappa shape index (κ3) is 6.18. The number of amidine groups is 1. The molecule has 2 atom stereocenters. The van der Waals surface area contributed by atoms with E-state index in [9.17, 15) is 13.2 Å². The van der Waals surface area contributed by atoms with Crippen molar-refractivity contribution in [1.29, 1.82) is 0 Å². The van der Waals surface area contributed by atoms with Crippen LogP contribution in [0.25, 0.3) is 0 Å². The van der Waals surface area contributed by atoms with Crippen LogP contribution in [0.5, 0.6) is 0 Å². The highest BCUT2D eigenvalue weighted by atomic mass is 32.2. The van der Waals surface area contributed by atoms with E-state index < -0.39 is 9.84 Å². The lowest BCUT2D eigenvalue weighted by atomic mass is 10.2. The number of anilines is 1. The van der Waals surface area contributed by atoms with Gasteiger partial charge in [0.1, 0.15) is 0 Å². The lowest BCUT2D eigenvalue weighted by Crippen LogP contribution is -2.29. The third-order valence-corrected chi connectivity index (χ3v) is 7.73. The molecular formula is C19H27N3O5S2. The Hall–Kier alpha value is -1.62. The van der Waals surface area contributed by atoms with Crippen molar-refractivity contribution >= 4 is 38.4 Å². The smallest absolute Gasteiger partial charge is 0.251 e. The summed E-state index contributed by atoms with van der Waals surface area (Å²) in [5, 5.41) is 6.80. The quantitative estimate of drug-likeness (QED) is 0.564. The largest absolute Gasteiger partial charge is 0.353 e. The normalized spacial score (nSPS) is 22.4. The Morgan fingerprint density at radius 3 is 2.52 bits per heavy atom. The van der Waals surface area contributed by atoms with Crippen molar-refractivity contribution < 1.29 is 22.7 Å². The van der Waals surface area contributed by atoms with Crippen LogP contribution in [0.2, 0.25) is 0 Å². The molecule has 1 fully saturated rings. The fourth-order valence-electron chi connectivity index (χ4n) is 3.24. The summed E-state index contributed by atoms with van der Waals surface area (Å²) in [6.07, 6.45) is 0.276. The highest BCUT2D eigenvalue weighted by molar-refractivity contribution is 8.15. The lowest BCUT2D eigenvalue weighted by molar-refractivity contribution is -0.138. The average molecular weight is 442 g/mol. The molecule has 10 heteroatoms. The predicted octanol–water partition coefficient (Wildman–Crippen LogP) is 1.89. The maximum absolute atomic E-state index is 12.3. The third-order valence-electron chi connectivity index (χ3n) is 4.59. The monoisotopic (exact) mass is 441 g/mol. The highest BCUT2D eigenvalue weighted by Gasteiger charge is 2.42. The van der Waals surface area contributed by atoms with Gasteiger partial charge >= 0.3 is 0 Å². The van der Waals surface area contributed by atoms with Gasteiger partial charge in [0.2, 0.25) is 0 Å². The molecule has 0 spiro atoms. The first kappa shape index (κ1) is 22.1. The molecule has 0 unspecified atom stereocenters. The van der Waals surface area contributed by atoms with Crippen LogP contribution in [0.1, 0.15) is 30.6 Å². The molecule has 0 aliphatic carbocycles. The number of carbonyl (C=O) groups is 1. The molecule has 2 N–H and O–H groups in total. The number of fused-ring (bicyclic) bond motifs is 1. The van der Waals surface area contributed by atoms with Gasteiger partial charge in [0.05, 0.1) is 17.5 Å². The van der Waals surface area contributed by atoms with E-state index in [1.165, 1.54) is 11.8 Å². The van der Waals surface area contributed by atoms with Crippen molar-refractivity contribution in [3.8, 4) is 0 Å². The molecule has 1 aromatic rings. The summed E-state index contributed by atoms with van der Waals surface area (Å²) >= 11 is 1.47. The number of thioether (sulfide) groups is 1. The second-order valence-electron chi connectivity index (χ2n) is 6.82. The summed E-state index contributed by atoms with van der Waals surface area (Å²) < 4.78 is 34.2. The topological polar surface area (TPSA) is 106 Å². The van der Waals surface area contributed by atoms with Gasteiger partial charge in [0.15, 0.2) is 21.3 Å². The van der Waals surface area contributed by atoms with Gasteiger partial charge in [-0.3, -0.25) is 9.79 Å². The van der Waals surface area contributed by atoms with E-state index in [2.05, 4.69) is 15.6 Å². The van der Waals surface area contributed by atoms with Crippen LogP contribution >= 0.6 is 11.8 Å². The first-order chi connectivity index (χ1) is 13.9. The Balaban J connectivity index is 1.47. The standard InChI is InChI=1S/C19H27N3O5S2/c1-3-26-17(27-4-2)9-10-20-18(23)13-5-7-14(8-6-13)21-19-22-15-11-29(24,25)12-16(15)28-19/h5-8,15-17H,3-4,9-12H2,1-2H3,(H,20,23)(H,21,22)/t15-,16-/m1/s1. The van der Waals surface area contributed by atoms with Crippen molar-refractivity contribution in [3.63, 3.8) is 0 Å². The summed E-state index contributed by atoms with van der Waals surface area (Å²) in [5.41, 5.74) is 1.37. The van der Waals surface area contributed by atoms with Crippen molar-refractivity contribution in [2.75, 3.05) is 36.6 Å². The minimum absolute atomic E-state index is 0.00440. The molecule has 2 heterocycles. The molecule has 8 nitrogen and oxygen atoms in total.